The summed E-state index contributed by atoms with van der Waals surface area (Å²) in [5.74, 6) is 0.714. The molecule has 0 saturated carbocycles. The monoisotopic (exact) mass is 227 g/mol. The Bertz CT molecular complexity index is 188. The number of ether oxygens (including phenoxy) is 1. The minimum Gasteiger partial charge on any atom is -0.392 e. The average molecular weight is 227 g/mol. The highest BCUT2D eigenvalue weighted by Crippen LogP contribution is 2.17. The summed E-state index contributed by atoms with van der Waals surface area (Å²) >= 11 is 0. The van der Waals surface area contributed by atoms with Crippen LogP contribution in [-0.2, 0) is 4.74 Å². The van der Waals surface area contributed by atoms with E-state index in [2.05, 4.69) is 11.5 Å². The standard InChI is InChI=1S/C13H25NO2/c1-3-4-5-13(15)10-14-8-6-12(7-9-14)11-16-2/h3,12-13,15H,1,4-11H2,2H3. The molecule has 1 aliphatic rings. The zero-order valence-electron chi connectivity index (χ0n) is 10.4. The van der Waals surface area contributed by atoms with Gasteiger partial charge in [0.2, 0.25) is 0 Å². The molecule has 0 bridgehead atoms. The Morgan fingerprint density at radius 2 is 2.19 bits per heavy atom. The molecule has 1 N–H and O–H groups in total. The first-order valence-corrected chi connectivity index (χ1v) is 6.26. The van der Waals surface area contributed by atoms with E-state index in [1.54, 1.807) is 7.11 Å². The Labute approximate surface area is 99.1 Å². The van der Waals surface area contributed by atoms with Crippen molar-refractivity contribution in [3.63, 3.8) is 0 Å². The molecule has 1 atom stereocenters. The lowest BCUT2D eigenvalue weighted by Crippen LogP contribution is -2.39. The number of rotatable bonds is 7. The van der Waals surface area contributed by atoms with E-state index in [4.69, 9.17) is 4.74 Å². The molecular weight excluding hydrogens is 202 g/mol. The normalized spacial score (nSPS) is 20.9. The van der Waals surface area contributed by atoms with Gasteiger partial charge in [-0.2, -0.15) is 0 Å². The van der Waals surface area contributed by atoms with Gasteiger partial charge < -0.3 is 14.7 Å². The molecule has 1 aliphatic heterocycles. The molecular formula is C13H25NO2. The second kappa shape index (κ2) is 7.82. The molecule has 0 aromatic carbocycles. The van der Waals surface area contributed by atoms with Crippen molar-refractivity contribution >= 4 is 0 Å². The molecule has 0 spiro atoms. The summed E-state index contributed by atoms with van der Waals surface area (Å²) in [4.78, 5) is 2.36. The third kappa shape index (κ3) is 5.10. The van der Waals surface area contributed by atoms with Crippen LogP contribution in [0.2, 0.25) is 0 Å². The van der Waals surface area contributed by atoms with Gasteiger partial charge in [-0.15, -0.1) is 6.58 Å². The third-order valence-corrected chi connectivity index (χ3v) is 3.28. The summed E-state index contributed by atoms with van der Waals surface area (Å²) in [7, 11) is 1.77. The van der Waals surface area contributed by atoms with E-state index in [9.17, 15) is 5.11 Å². The van der Waals surface area contributed by atoms with Crippen molar-refractivity contribution in [3.05, 3.63) is 12.7 Å². The average Bonchev–Trinajstić information content (AvgIpc) is 2.29. The highest BCUT2D eigenvalue weighted by Gasteiger charge is 2.20. The van der Waals surface area contributed by atoms with Gasteiger partial charge in [-0.3, -0.25) is 0 Å². The second-order valence-corrected chi connectivity index (χ2v) is 4.72. The van der Waals surface area contributed by atoms with Crippen molar-refractivity contribution < 1.29 is 9.84 Å². The summed E-state index contributed by atoms with van der Waals surface area (Å²) in [6, 6.07) is 0. The highest BCUT2D eigenvalue weighted by atomic mass is 16.5. The number of hydrogen-bond acceptors (Lipinski definition) is 3. The fraction of sp³-hybridized carbons (Fsp3) is 0.846. The number of nitrogens with zero attached hydrogens (tertiary/aromatic N) is 1. The minimum atomic E-state index is -0.197. The highest BCUT2D eigenvalue weighted by molar-refractivity contribution is 4.76. The van der Waals surface area contributed by atoms with Gasteiger partial charge in [0, 0.05) is 20.3 Å². The lowest BCUT2D eigenvalue weighted by atomic mass is 9.97. The Kier molecular flexibility index (Phi) is 6.69. The largest absolute Gasteiger partial charge is 0.392 e. The van der Waals surface area contributed by atoms with Crippen molar-refractivity contribution in [3.8, 4) is 0 Å². The van der Waals surface area contributed by atoms with Crippen molar-refractivity contribution in [2.75, 3.05) is 33.4 Å². The fourth-order valence-corrected chi connectivity index (χ4v) is 2.27. The van der Waals surface area contributed by atoms with Crippen LogP contribution in [-0.4, -0.2) is 49.5 Å². The minimum absolute atomic E-state index is 0.197. The van der Waals surface area contributed by atoms with Gasteiger partial charge in [0.05, 0.1) is 6.10 Å². The van der Waals surface area contributed by atoms with E-state index >= 15 is 0 Å². The molecule has 3 nitrogen and oxygen atoms in total. The number of hydrogen-bond donors (Lipinski definition) is 1. The van der Waals surface area contributed by atoms with Crippen LogP contribution in [0.1, 0.15) is 25.7 Å². The maximum absolute atomic E-state index is 9.79. The van der Waals surface area contributed by atoms with Gasteiger partial charge in [-0.25, -0.2) is 0 Å². The zero-order chi connectivity index (χ0) is 11.8. The van der Waals surface area contributed by atoms with E-state index in [1.807, 2.05) is 6.08 Å². The fourth-order valence-electron chi connectivity index (χ4n) is 2.27. The molecule has 1 fully saturated rings. The number of allylic oxidation sites excluding steroid dienone is 1. The Hall–Kier alpha value is -0.380. The molecule has 1 rings (SSSR count). The van der Waals surface area contributed by atoms with Gasteiger partial charge in [0.15, 0.2) is 0 Å². The maximum Gasteiger partial charge on any atom is 0.0670 e. The number of aliphatic hydroxyl groups excluding tert-OH is 1. The van der Waals surface area contributed by atoms with Crippen LogP contribution in [0.25, 0.3) is 0 Å². The molecule has 0 aromatic heterocycles. The predicted octanol–water partition coefficient (Wildman–Crippen LogP) is 1.67. The van der Waals surface area contributed by atoms with Crippen LogP contribution in [0, 0.1) is 5.92 Å². The summed E-state index contributed by atoms with van der Waals surface area (Å²) in [6.07, 6.45) is 5.80. The van der Waals surface area contributed by atoms with Crippen LogP contribution in [0.4, 0.5) is 0 Å². The van der Waals surface area contributed by atoms with E-state index in [0.717, 1.165) is 39.1 Å². The van der Waals surface area contributed by atoms with Crippen molar-refractivity contribution in [2.45, 2.75) is 31.8 Å². The Balaban J connectivity index is 2.13. The number of methoxy groups -OCH3 is 1. The predicted molar refractivity (Wildman–Crippen MR) is 66.5 cm³/mol. The smallest absolute Gasteiger partial charge is 0.0670 e. The van der Waals surface area contributed by atoms with E-state index in [0.29, 0.717) is 5.92 Å². The van der Waals surface area contributed by atoms with E-state index < -0.39 is 0 Å². The first kappa shape index (κ1) is 13.7. The molecule has 3 heteroatoms. The van der Waals surface area contributed by atoms with Crippen molar-refractivity contribution in [2.24, 2.45) is 5.92 Å². The second-order valence-electron chi connectivity index (χ2n) is 4.72. The molecule has 94 valence electrons. The Morgan fingerprint density at radius 3 is 2.75 bits per heavy atom. The molecule has 1 heterocycles. The summed E-state index contributed by atoms with van der Waals surface area (Å²) in [6.45, 7) is 7.56. The van der Waals surface area contributed by atoms with Crippen molar-refractivity contribution in [1.29, 1.82) is 0 Å². The first-order valence-electron chi connectivity index (χ1n) is 6.26. The number of β-amino-alcohol motifs (C(OH)–C–C–N with tert-alkyl or cyclic N) is 1. The summed E-state index contributed by atoms with van der Waals surface area (Å²) < 4.78 is 5.17. The van der Waals surface area contributed by atoms with Crippen LogP contribution >= 0.6 is 0 Å². The van der Waals surface area contributed by atoms with Crippen LogP contribution in [0.5, 0.6) is 0 Å². The topological polar surface area (TPSA) is 32.7 Å². The van der Waals surface area contributed by atoms with Gasteiger partial charge in [-0.05, 0) is 44.7 Å². The van der Waals surface area contributed by atoms with Crippen LogP contribution < -0.4 is 0 Å². The van der Waals surface area contributed by atoms with Gasteiger partial charge in [-0.1, -0.05) is 6.08 Å². The maximum atomic E-state index is 9.79. The third-order valence-electron chi connectivity index (χ3n) is 3.28. The van der Waals surface area contributed by atoms with E-state index in [-0.39, 0.29) is 6.10 Å². The Morgan fingerprint density at radius 1 is 1.50 bits per heavy atom. The first-order chi connectivity index (χ1) is 7.76. The molecule has 16 heavy (non-hydrogen) atoms. The summed E-state index contributed by atoms with van der Waals surface area (Å²) in [5, 5.41) is 9.79. The van der Waals surface area contributed by atoms with Gasteiger partial charge in [0.1, 0.15) is 0 Å². The molecule has 1 unspecified atom stereocenters. The SMILES string of the molecule is C=CCCC(O)CN1CCC(COC)CC1. The quantitative estimate of drug-likeness (QED) is 0.672. The summed E-state index contributed by atoms with van der Waals surface area (Å²) in [5.41, 5.74) is 0. The molecule has 0 amide bonds. The van der Waals surface area contributed by atoms with Crippen LogP contribution in [0.15, 0.2) is 12.7 Å². The van der Waals surface area contributed by atoms with Gasteiger partial charge in [0.25, 0.3) is 0 Å². The molecule has 0 aliphatic carbocycles. The number of piperidine rings is 1. The molecule has 1 saturated heterocycles. The number of aliphatic hydroxyl groups is 1. The van der Waals surface area contributed by atoms with Crippen LogP contribution in [0.3, 0.4) is 0 Å². The molecule has 0 aromatic rings. The lowest BCUT2D eigenvalue weighted by Gasteiger charge is -2.32. The molecule has 0 radical (unpaired) electrons. The van der Waals surface area contributed by atoms with Gasteiger partial charge >= 0.3 is 0 Å². The lowest BCUT2D eigenvalue weighted by molar-refractivity contribution is 0.0632. The van der Waals surface area contributed by atoms with E-state index in [1.165, 1.54) is 12.8 Å². The number of likely N-dealkylation sites (tertiary alicyclic amines) is 1. The van der Waals surface area contributed by atoms with Crippen molar-refractivity contribution in [1.82, 2.24) is 4.90 Å². The zero-order valence-corrected chi connectivity index (χ0v) is 10.4.